The quantitative estimate of drug-likeness (QED) is 0.322. The molecule has 0 aliphatic carbocycles. The van der Waals surface area contributed by atoms with Crippen LogP contribution in [-0.2, 0) is 9.63 Å². The van der Waals surface area contributed by atoms with Crippen molar-refractivity contribution in [1.82, 2.24) is 3.69 Å². The number of rotatable bonds is 3. The first kappa shape index (κ1) is 7.83. The lowest BCUT2D eigenvalue weighted by Gasteiger charge is -1.93. The fourth-order valence-electron chi connectivity index (χ4n) is 0.167. The molecule has 5 heteroatoms. The monoisotopic (exact) mass is 228 g/mol. The van der Waals surface area contributed by atoms with Crippen LogP contribution in [-0.4, -0.2) is 19.2 Å². The molecule has 0 spiro atoms. The van der Waals surface area contributed by atoms with E-state index in [1.165, 1.54) is 0 Å². The van der Waals surface area contributed by atoms with E-state index in [9.17, 15) is 4.79 Å². The van der Waals surface area contributed by atoms with Gasteiger partial charge in [0.1, 0.15) is 6.54 Å². The van der Waals surface area contributed by atoms with Crippen molar-refractivity contribution in [2.45, 2.75) is 0 Å². The summed E-state index contributed by atoms with van der Waals surface area (Å²) in [4.78, 5) is 17.8. The Kier molecular flexibility index (Phi) is 4.87. The molecule has 0 aromatic heterocycles. The van der Waals surface area contributed by atoms with Crippen molar-refractivity contribution in [3.63, 3.8) is 0 Å². The maximum absolute atomic E-state index is 10.2. The molecule has 0 saturated heterocycles. The van der Waals surface area contributed by atoms with Gasteiger partial charge in [-0.3, -0.25) is 4.99 Å². The molecular formula is C3H5IN2O2. The Hall–Kier alpha value is -0.170. The van der Waals surface area contributed by atoms with Gasteiger partial charge in [0.05, 0.1) is 22.9 Å². The molecule has 0 aliphatic rings. The van der Waals surface area contributed by atoms with Gasteiger partial charge in [0, 0.05) is 0 Å². The summed E-state index contributed by atoms with van der Waals surface area (Å²) in [5, 5.41) is 0. The third-order valence-electron chi connectivity index (χ3n) is 0.393. The molecule has 4 nitrogen and oxygen atoms in total. The van der Waals surface area contributed by atoms with E-state index >= 15 is 0 Å². The lowest BCUT2D eigenvalue weighted by Crippen LogP contribution is -2.12. The zero-order valence-electron chi connectivity index (χ0n) is 4.06. The molecule has 0 atom stereocenters. The summed E-state index contributed by atoms with van der Waals surface area (Å²) >= 11 is 1.69. The van der Waals surface area contributed by atoms with E-state index in [1.54, 1.807) is 22.9 Å². The molecule has 0 unspecified atom stereocenters. The highest BCUT2D eigenvalue weighted by atomic mass is 127. The number of halogens is 1. The second kappa shape index (κ2) is 4.98. The maximum atomic E-state index is 10.2. The van der Waals surface area contributed by atoms with Gasteiger partial charge in [0.2, 0.25) is 0 Å². The maximum Gasteiger partial charge on any atom is 0.346 e. The van der Waals surface area contributed by atoms with Crippen molar-refractivity contribution in [3.05, 3.63) is 0 Å². The number of carbonyl (C=O) groups is 1. The molecule has 0 rings (SSSR count). The number of hydrogen-bond acceptors (Lipinski definition) is 4. The fraction of sp³-hybridized carbons (Fsp3) is 0.333. The molecule has 0 fully saturated rings. The van der Waals surface area contributed by atoms with E-state index in [2.05, 4.69) is 20.2 Å². The Morgan fingerprint density at radius 2 is 2.62 bits per heavy atom. The van der Waals surface area contributed by atoms with Crippen molar-refractivity contribution in [3.8, 4) is 0 Å². The molecule has 0 aliphatic heterocycles. The highest BCUT2D eigenvalue weighted by Crippen LogP contribution is 1.76. The average molecular weight is 228 g/mol. The van der Waals surface area contributed by atoms with E-state index in [1.807, 2.05) is 0 Å². The zero-order chi connectivity index (χ0) is 6.41. The first-order chi connectivity index (χ1) is 3.81. The van der Waals surface area contributed by atoms with E-state index < -0.39 is 5.97 Å². The van der Waals surface area contributed by atoms with Crippen LogP contribution in [0.2, 0.25) is 0 Å². The Morgan fingerprint density at radius 1 is 2.00 bits per heavy atom. The highest BCUT2D eigenvalue weighted by molar-refractivity contribution is 14.1. The zero-order valence-corrected chi connectivity index (χ0v) is 6.21. The Bertz CT molecular complexity index is 95.3. The van der Waals surface area contributed by atoms with E-state index in [0.29, 0.717) is 0 Å². The lowest BCUT2D eigenvalue weighted by molar-refractivity contribution is -0.144. The number of nitrogens with one attached hydrogen (secondary N) is 1. The minimum absolute atomic E-state index is 0.00397. The number of aliphatic imine (C=N–C) groups is 1. The third kappa shape index (κ3) is 4.00. The van der Waals surface area contributed by atoms with Gasteiger partial charge in [0.15, 0.2) is 0 Å². The fourth-order valence-corrected chi connectivity index (χ4v) is 0.412. The van der Waals surface area contributed by atoms with Crippen LogP contribution in [0.25, 0.3) is 0 Å². The highest BCUT2D eigenvalue weighted by Gasteiger charge is 1.95. The Balaban J connectivity index is 3.18. The number of hydrogen-bond donors (Lipinski definition) is 1. The second-order valence-corrected chi connectivity index (χ2v) is 1.37. The van der Waals surface area contributed by atoms with Crippen LogP contribution >= 0.6 is 22.9 Å². The van der Waals surface area contributed by atoms with Crippen molar-refractivity contribution in [2.24, 2.45) is 4.99 Å². The van der Waals surface area contributed by atoms with Gasteiger partial charge in [-0.05, 0) is 6.72 Å². The summed E-state index contributed by atoms with van der Waals surface area (Å²) in [5.74, 6) is -0.436. The molecule has 1 N–H and O–H groups in total. The minimum Gasteiger partial charge on any atom is -0.359 e. The normalized spacial score (nSPS) is 8.12. The average Bonchev–Trinajstić information content (AvgIpc) is 1.68. The van der Waals surface area contributed by atoms with Crippen molar-refractivity contribution >= 4 is 35.6 Å². The van der Waals surface area contributed by atoms with Crippen LogP contribution in [0.4, 0.5) is 0 Å². The molecule has 0 aromatic carbocycles. The lowest BCUT2D eigenvalue weighted by atomic mass is 10.7. The molecule has 46 valence electrons. The van der Waals surface area contributed by atoms with E-state index in [-0.39, 0.29) is 6.54 Å². The minimum atomic E-state index is -0.436. The van der Waals surface area contributed by atoms with Crippen LogP contribution in [0.15, 0.2) is 4.99 Å². The van der Waals surface area contributed by atoms with Crippen molar-refractivity contribution < 1.29 is 9.63 Å². The van der Waals surface area contributed by atoms with Crippen molar-refractivity contribution in [1.29, 1.82) is 0 Å². The molecule has 0 radical (unpaired) electrons. The standard InChI is InChI=1S/C3H5IN2O2/c1-5-2-3(7)8-6-4/h6H,1-2H2. The topological polar surface area (TPSA) is 50.7 Å². The van der Waals surface area contributed by atoms with E-state index in [0.717, 1.165) is 0 Å². The van der Waals surface area contributed by atoms with Gasteiger partial charge in [-0.15, -0.1) is 0 Å². The smallest absolute Gasteiger partial charge is 0.346 e. The van der Waals surface area contributed by atoms with Crippen LogP contribution < -0.4 is 3.69 Å². The summed E-state index contributed by atoms with van der Waals surface area (Å²) in [7, 11) is 0. The summed E-state index contributed by atoms with van der Waals surface area (Å²) in [6.07, 6.45) is 0. The first-order valence-electron chi connectivity index (χ1n) is 1.79. The van der Waals surface area contributed by atoms with Gasteiger partial charge >= 0.3 is 5.97 Å². The van der Waals surface area contributed by atoms with Gasteiger partial charge in [-0.25, -0.2) is 4.79 Å². The van der Waals surface area contributed by atoms with E-state index in [4.69, 9.17) is 0 Å². The molecule has 0 heterocycles. The Morgan fingerprint density at radius 3 is 3.00 bits per heavy atom. The van der Waals surface area contributed by atoms with Crippen molar-refractivity contribution in [2.75, 3.05) is 6.54 Å². The number of nitrogens with zero attached hydrogens (tertiary/aromatic N) is 1. The van der Waals surface area contributed by atoms with Crippen LogP contribution in [0.3, 0.4) is 0 Å². The summed E-state index contributed by atoms with van der Waals surface area (Å²) in [5.41, 5.74) is 0. The second-order valence-electron chi connectivity index (χ2n) is 0.933. The summed E-state index contributed by atoms with van der Waals surface area (Å²) < 4.78 is 2.18. The Labute approximate surface area is 60.8 Å². The van der Waals surface area contributed by atoms with Gasteiger partial charge < -0.3 is 4.84 Å². The molecule has 0 aromatic rings. The number of carbonyl (C=O) groups excluding carboxylic acids is 1. The first-order valence-corrected chi connectivity index (χ1v) is 2.87. The summed E-state index contributed by atoms with van der Waals surface area (Å²) in [6, 6.07) is 0. The third-order valence-corrected chi connectivity index (χ3v) is 0.614. The predicted octanol–water partition coefficient (Wildman–Crippen LogP) is 0.0848. The molecule has 0 saturated carbocycles. The molecule has 0 bridgehead atoms. The largest absolute Gasteiger partial charge is 0.359 e. The van der Waals surface area contributed by atoms with Gasteiger partial charge in [-0.2, -0.15) is 0 Å². The molecule has 8 heavy (non-hydrogen) atoms. The van der Waals surface area contributed by atoms with Crippen LogP contribution in [0.5, 0.6) is 0 Å². The van der Waals surface area contributed by atoms with Gasteiger partial charge in [-0.1, -0.05) is 3.69 Å². The summed E-state index contributed by atoms with van der Waals surface area (Å²) in [6.45, 7) is 3.10. The van der Waals surface area contributed by atoms with Gasteiger partial charge in [0.25, 0.3) is 0 Å². The SMILES string of the molecule is C=NCC(=O)ONI. The van der Waals surface area contributed by atoms with Crippen LogP contribution in [0, 0.1) is 0 Å². The molecular weight excluding hydrogens is 223 g/mol. The molecule has 0 amide bonds. The van der Waals surface area contributed by atoms with Crippen LogP contribution in [0.1, 0.15) is 0 Å². The predicted molar refractivity (Wildman–Crippen MR) is 37.7 cm³/mol.